The van der Waals surface area contributed by atoms with Gasteiger partial charge in [-0.2, -0.15) is 5.26 Å². The summed E-state index contributed by atoms with van der Waals surface area (Å²) < 4.78 is 1.33. The second-order valence-electron chi connectivity index (χ2n) is 1.56. The third-order valence-corrected chi connectivity index (χ3v) is 0.959. The standard InChI is InChI=1S/C4H5N5/c1-9-3(2-5)4(6)7-8-9/h6H2,1H3. The van der Waals surface area contributed by atoms with Gasteiger partial charge in [-0.25, -0.2) is 4.68 Å². The zero-order valence-electron chi connectivity index (χ0n) is 4.87. The molecule has 5 nitrogen and oxygen atoms in total. The van der Waals surface area contributed by atoms with Crippen LogP contribution in [0.2, 0.25) is 0 Å². The van der Waals surface area contributed by atoms with Crippen molar-refractivity contribution in [1.82, 2.24) is 15.0 Å². The van der Waals surface area contributed by atoms with Crippen LogP contribution in [0.15, 0.2) is 0 Å². The SMILES string of the molecule is Cn1nnc(N)c1C#N. The minimum atomic E-state index is 0.181. The Morgan fingerprint density at radius 2 is 2.44 bits per heavy atom. The fourth-order valence-corrected chi connectivity index (χ4v) is 0.503. The first-order valence-electron chi connectivity index (χ1n) is 2.31. The molecule has 0 aliphatic heterocycles. The molecular weight excluding hydrogens is 118 g/mol. The summed E-state index contributed by atoms with van der Waals surface area (Å²) in [5.74, 6) is 0.181. The number of hydrogen-bond donors (Lipinski definition) is 1. The molecule has 9 heavy (non-hydrogen) atoms. The Bertz CT molecular complexity index is 235. The number of nitriles is 1. The number of nitrogens with two attached hydrogens (primary N) is 1. The third-order valence-electron chi connectivity index (χ3n) is 0.959. The smallest absolute Gasteiger partial charge is 0.184 e. The minimum Gasteiger partial charge on any atom is -0.380 e. The molecule has 1 heterocycles. The average Bonchev–Trinajstić information content (AvgIpc) is 2.12. The Kier molecular flexibility index (Phi) is 1.08. The van der Waals surface area contributed by atoms with Crippen molar-refractivity contribution in [2.75, 3.05) is 5.73 Å². The van der Waals surface area contributed by atoms with E-state index in [2.05, 4.69) is 10.3 Å². The molecule has 0 aliphatic rings. The highest BCUT2D eigenvalue weighted by Crippen LogP contribution is 2.00. The molecule has 0 atom stereocenters. The zero-order chi connectivity index (χ0) is 6.85. The van der Waals surface area contributed by atoms with Crippen LogP contribution in [0.1, 0.15) is 5.69 Å². The minimum absolute atomic E-state index is 0.181. The van der Waals surface area contributed by atoms with E-state index in [1.54, 1.807) is 7.05 Å². The summed E-state index contributed by atoms with van der Waals surface area (Å²) in [4.78, 5) is 0. The first-order valence-corrected chi connectivity index (χ1v) is 2.31. The molecule has 2 N–H and O–H groups in total. The highest BCUT2D eigenvalue weighted by molar-refractivity contribution is 5.41. The van der Waals surface area contributed by atoms with Crippen molar-refractivity contribution in [2.24, 2.45) is 7.05 Å². The van der Waals surface area contributed by atoms with Gasteiger partial charge in [0.1, 0.15) is 6.07 Å². The van der Waals surface area contributed by atoms with Crippen molar-refractivity contribution < 1.29 is 0 Å². The van der Waals surface area contributed by atoms with Gasteiger partial charge in [-0.3, -0.25) is 0 Å². The molecule has 0 aliphatic carbocycles. The van der Waals surface area contributed by atoms with Crippen LogP contribution in [0, 0.1) is 11.3 Å². The molecule has 0 aromatic carbocycles. The number of rotatable bonds is 0. The van der Waals surface area contributed by atoms with Crippen molar-refractivity contribution >= 4 is 5.82 Å². The van der Waals surface area contributed by atoms with Crippen molar-refractivity contribution in [1.29, 1.82) is 5.26 Å². The molecule has 5 heteroatoms. The van der Waals surface area contributed by atoms with Crippen molar-refractivity contribution in [3.63, 3.8) is 0 Å². The molecule has 0 spiro atoms. The normalized spacial score (nSPS) is 8.89. The molecule has 0 bridgehead atoms. The molecule has 1 aromatic rings. The number of anilines is 1. The van der Waals surface area contributed by atoms with Crippen LogP contribution >= 0.6 is 0 Å². The summed E-state index contributed by atoms with van der Waals surface area (Å²) in [6, 6.07) is 1.86. The highest BCUT2D eigenvalue weighted by Gasteiger charge is 2.03. The first kappa shape index (κ1) is 5.56. The van der Waals surface area contributed by atoms with E-state index in [9.17, 15) is 0 Å². The predicted octanol–water partition coefficient (Wildman–Crippen LogP) is -0.731. The maximum Gasteiger partial charge on any atom is 0.184 e. The first-order chi connectivity index (χ1) is 4.25. The van der Waals surface area contributed by atoms with Crippen LogP contribution in [-0.2, 0) is 7.05 Å². The van der Waals surface area contributed by atoms with Gasteiger partial charge >= 0.3 is 0 Å². The Balaban J connectivity index is 3.27. The molecule has 46 valence electrons. The number of aromatic nitrogens is 3. The lowest BCUT2D eigenvalue weighted by Crippen LogP contribution is -1.95. The maximum absolute atomic E-state index is 8.36. The van der Waals surface area contributed by atoms with Crippen LogP contribution in [0.25, 0.3) is 0 Å². The van der Waals surface area contributed by atoms with E-state index in [-0.39, 0.29) is 5.82 Å². The Hall–Kier alpha value is -1.57. The van der Waals surface area contributed by atoms with Crippen LogP contribution in [-0.4, -0.2) is 15.0 Å². The van der Waals surface area contributed by atoms with Crippen LogP contribution in [0.5, 0.6) is 0 Å². The van der Waals surface area contributed by atoms with Gasteiger partial charge in [0.05, 0.1) is 0 Å². The molecule has 0 saturated heterocycles. The fraction of sp³-hybridized carbons (Fsp3) is 0.250. The summed E-state index contributed by atoms with van der Waals surface area (Å²) >= 11 is 0. The van der Waals surface area contributed by atoms with Crippen LogP contribution in [0.4, 0.5) is 5.82 Å². The van der Waals surface area contributed by atoms with Gasteiger partial charge in [-0.05, 0) is 0 Å². The van der Waals surface area contributed by atoms with E-state index in [4.69, 9.17) is 11.0 Å². The van der Waals surface area contributed by atoms with E-state index >= 15 is 0 Å². The van der Waals surface area contributed by atoms with Gasteiger partial charge in [0.25, 0.3) is 0 Å². The topological polar surface area (TPSA) is 80.5 Å². The van der Waals surface area contributed by atoms with Gasteiger partial charge in [-0.15, -0.1) is 5.10 Å². The number of hydrogen-bond acceptors (Lipinski definition) is 4. The predicted molar refractivity (Wildman–Crippen MR) is 30.1 cm³/mol. The molecule has 0 fully saturated rings. The molecule has 0 radical (unpaired) electrons. The lowest BCUT2D eigenvalue weighted by atomic mass is 10.5. The van der Waals surface area contributed by atoms with Gasteiger partial charge in [0.15, 0.2) is 11.5 Å². The monoisotopic (exact) mass is 123 g/mol. The quantitative estimate of drug-likeness (QED) is 0.493. The van der Waals surface area contributed by atoms with Crippen LogP contribution in [0.3, 0.4) is 0 Å². The highest BCUT2D eigenvalue weighted by atomic mass is 15.4. The fourth-order valence-electron chi connectivity index (χ4n) is 0.503. The summed E-state index contributed by atoms with van der Waals surface area (Å²) in [5, 5.41) is 15.3. The molecule has 1 aromatic heterocycles. The Morgan fingerprint density at radius 3 is 2.67 bits per heavy atom. The van der Waals surface area contributed by atoms with Gasteiger partial charge in [-0.1, -0.05) is 5.21 Å². The molecule has 1 rings (SSSR count). The second kappa shape index (κ2) is 1.74. The van der Waals surface area contributed by atoms with Gasteiger partial charge in [0, 0.05) is 7.05 Å². The van der Waals surface area contributed by atoms with Crippen molar-refractivity contribution in [3.8, 4) is 6.07 Å². The van der Waals surface area contributed by atoms with Crippen LogP contribution < -0.4 is 5.73 Å². The largest absolute Gasteiger partial charge is 0.380 e. The lowest BCUT2D eigenvalue weighted by molar-refractivity contribution is 0.707. The molecular formula is C4H5N5. The maximum atomic E-state index is 8.36. The summed E-state index contributed by atoms with van der Waals surface area (Å²) in [5.41, 5.74) is 5.54. The third kappa shape index (κ3) is 0.700. The average molecular weight is 123 g/mol. The number of aryl methyl sites for hydroxylation is 1. The van der Waals surface area contributed by atoms with E-state index in [0.29, 0.717) is 5.69 Å². The lowest BCUT2D eigenvalue weighted by Gasteiger charge is -1.84. The molecule has 0 amide bonds. The summed E-state index contributed by atoms with van der Waals surface area (Å²) in [7, 11) is 1.61. The van der Waals surface area contributed by atoms with Crippen molar-refractivity contribution in [2.45, 2.75) is 0 Å². The second-order valence-corrected chi connectivity index (χ2v) is 1.56. The summed E-state index contributed by atoms with van der Waals surface area (Å²) in [6.45, 7) is 0. The molecule has 0 unspecified atom stereocenters. The number of nitrogen functional groups attached to an aromatic ring is 1. The van der Waals surface area contributed by atoms with Crippen molar-refractivity contribution in [3.05, 3.63) is 5.69 Å². The van der Waals surface area contributed by atoms with E-state index in [1.165, 1.54) is 4.68 Å². The van der Waals surface area contributed by atoms with Gasteiger partial charge < -0.3 is 5.73 Å². The van der Waals surface area contributed by atoms with E-state index in [1.807, 2.05) is 6.07 Å². The van der Waals surface area contributed by atoms with E-state index in [0.717, 1.165) is 0 Å². The zero-order valence-corrected chi connectivity index (χ0v) is 4.87. The Morgan fingerprint density at radius 1 is 1.78 bits per heavy atom. The summed E-state index contributed by atoms with van der Waals surface area (Å²) in [6.07, 6.45) is 0. The van der Waals surface area contributed by atoms with Gasteiger partial charge in [0.2, 0.25) is 0 Å². The van der Waals surface area contributed by atoms with E-state index < -0.39 is 0 Å². The molecule has 0 saturated carbocycles. The number of nitrogens with zero attached hydrogens (tertiary/aromatic N) is 4. The Labute approximate surface area is 51.7 Å².